The molecule has 0 unspecified atom stereocenters. The summed E-state index contributed by atoms with van der Waals surface area (Å²) in [4.78, 5) is 27.2. The Balaban J connectivity index is 1.96. The van der Waals surface area contributed by atoms with Gasteiger partial charge in [-0.15, -0.1) is 0 Å². The van der Waals surface area contributed by atoms with Crippen molar-refractivity contribution >= 4 is 17.8 Å². The molecule has 0 atom stereocenters. The van der Waals surface area contributed by atoms with Crippen molar-refractivity contribution in [3.8, 4) is 16.8 Å². The number of carbonyl (C=O) groups is 2. The van der Waals surface area contributed by atoms with E-state index in [4.69, 9.17) is 5.10 Å². The highest BCUT2D eigenvalue weighted by Gasteiger charge is 2.22. The molecule has 3 aromatic rings. The van der Waals surface area contributed by atoms with E-state index in [1.165, 1.54) is 0 Å². The lowest BCUT2D eigenvalue weighted by atomic mass is 10.1. The third-order valence-electron chi connectivity index (χ3n) is 5.39. The SMILES string of the molecule is CCCCN(CC(=O)Nc1c(-c2ccccc2)c(C)nn1-c1ccc(C)cc1)C(=O)NCC. The van der Waals surface area contributed by atoms with Crippen LogP contribution in [0, 0.1) is 13.8 Å². The molecule has 0 saturated carbocycles. The number of nitrogens with zero attached hydrogens (tertiary/aromatic N) is 3. The van der Waals surface area contributed by atoms with E-state index in [0.717, 1.165) is 40.9 Å². The molecule has 174 valence electrons. The van der Waals surface area contributed by atoms with Gasteiger partial charge in [0, 0.05) is 18.7 Å². The van der Waals surface area contributed by atoms with Gasteiger partial charge < -0.3 is 15.5 Å². The molecule has 2 aromatic carbocycles. The Hall–Kier alpha value is -3.61. The molecule has 1 aromatic heterocycles. The first-order valence-corrected chi connectivity index (χ1v) is 11.5. The standard InChI is InChI=1S/C26H33N5O2/c1-5-7-17-30(26(33)27-6-2)18-23(32)28-25-24(21-11-9-8-10-12-21)20(4)29-31(25)22-15-13-19(3)14-16-22/h8-16H,5-7,17-18H2,1-4H3,(H,27,33)(H,28,32). The summed E-state index contributed by atoms with van der Waals surface area (Å²) in [6.45, 7) is 8.90. The smallest absolute Gasteiger partial charge is 0.317 e. The number of unbranched alkanes of at least 4 members (excludes halogenated alkanes) is 1. The van der Waals surface area contributed by atoms with Gasteiger partial charge in [0.25, 0.3) is 0 Å². The zero-order valence-electron chi connectivity index (χ0n) is 19.9. The highest BCUT2D eigenvalue weighted by Crippen LogP contribution is 2.33. The Kier molecular flexibility index (Phi) is 8.24. The van der Waals surface area contributed by atoms with Crippen molar-refractivity contribution in [2.45, 2.75) is 40.5 Å². The largest absolute Gasteiger partial charge is 0.338 e. The van der Waals surface area contributed by atoms with E-state index in [1.54, 1.807) is 9.58 Å². The fraction of sp³-hybridized carbons (Fsp3) is 0.346. The van der Waals surface area contributed by atoms with E-state index in [0.29, 0.717) is 18.9 Å². The molecular weight excluding hydrogens is 414 g/mol. The molecule has 0 aliphatic carbocycles. The fourth-order valence-electron chi connectivity index (χ4n) is 3.68. The number of anilines is 1. The van der Waals surface area contributed by atoms with Gasteiger partial charge in [-0.1, -0.05) is 61.4 Å². The van der Waals surface area contributed by atoms with Crippen LogP contribution in [0.4, 0.5) is 10.6 Å². The highest BCUT2D eigenvalue weighted by atomic mass is 16.2. The van der Waals surface area contributed by atoms with Gasteiger partial charge in [-0.2, -0.15) is 5.10 Å². The summed E-state index contributed by atoms with van der Waals surface area (Å²) in [5, 5.41) is 10.6. The molecule has 3 amide bonds. The molecule has 0 spiro atoms. The van der Waals surface area contributed by atoms with E-state index in [2.05, 4.69) is 17.6 Å². The molecular formula is C26H33N5O2. The van der Waals surface area contributed by atoms with Gasteiger partial charge in [-0.25, -0.2) is 9.48 Å². The van der Waals surface area contributed by atoms with Crippen LogP contribution in [0.15, 0.2) is 54.6 Å². The zero-order chi connectivity index (χ0) is 23.8. The Labute approximate surface area is 195 Å². The van der Waals surface area contributed by atoms with Crippen molar-refractivity contribution < 1.29 is 9.59 Å². The van der Waals surface area contributed by atoms with E-state index in [1.807, 2.05) is 75.4 Å². The van der Waals surface area contributed by atoms with Crippen LogP contribution in [0.25, 0.3) is 16.8 Å². The van der Waals surface area contributed by atoms with Crippen LogP contribution in [-0.2, 0) is 4.79 Å². The van der Waals surface area contributed by atoms with Crippen molar-refractivity contribution in [1.82, 2.24) is 20.0 Å². The third kappa shape index (κ3) is 6.00. The average Bonchev–Trinajstić information content (AvgIpc) is 3.13. The molecule has 0 fully saturated rings. The van der Waals surface area contributed by atoms with Crippen molar-refractivity contribution in [3.63, 3.8) is 0 Å². The van der Waals surface area contributed by atoms with Crippen LogP contribution >= 0.6 is 0 Å². The number of hydrogen-bond donors (Lipinski definition) is 2. The first-order valence-electron chi connectivity index (χ1n) is 11.5. The van der Waals surface area contributed by atoms with Crippen LogP contribution in [0.1, 0.15) is 37.9 Å². The highest BCUT2D eigenvalue weighted by molar-refractivity contribution is 5.97. The normalized spacial score (nSPS) is 10.7. The first kappa shape index (κ1) is 24.0. The van der Waals surface area contributed by atoms with E-state index >= 15 is 0 Å². The van der Waals surface area contributed by atoms with Crippen LogP contribution in [0.2, 0.25) is 0 Å². The van der Waals surface area contributed by atoms with Gasteiger partial charge in [-0.3, -0.25) is 4.79 Å². The van der Waals surface area contributed by atoms with Gasteiger partial charge in [0.1, 0.15) is 12.4 Å². The second-order valence-corrected chi connectivity index (χ2v) is 8.08. The van der Waals surface area contributed by atoms with E-state index in [-0.39, 0.29) is 18.5 Å². The maximum absolute atomic E-state index is 13.2. The number of benzene rings is 2. The molecule has 0 aliphatic rings. The molecule has 3 rings (SSSR count). The number of rotatable bonds is 9. The monoisotopic (exact) mass is 447 g/mol. The molecule has 0 radical (unpaired) electrons. The second-order valence-electron chi connectivity index (χ2n) is 8.08. The Bertz CT molecular complexity index is 1070. The Morgan fingerprint density at radius 1 is 1.00 bits per heavy atom. The van der Waals surface area contributed by atoms with Crippen molar-refractivity contribution in [2.75, 3.05) is 25.0 Å². The molecule has 1 heterocycles. The molecule has 0 aliphatic heterocycles. The van der Waals surface area contributed by atoms with Gasteiger partial charge in [-0.05, 0) is 44.9 Å². The zero-order valence-corrected chi connectivity index (χ0v) is 19.9. The van der Waals surface area contributed by atoms with Crippen LogP contribution in [-0.4, -0.2) is 46.3 Å². The summed E-state index contributed by atoms with van der Waals surface area (Å²) in [5.74, 6) is 0.335. The summed E-state index contributed by atoms with van der Waals surface area (Å²) < 4.78 is 1.76. The lowest BCUT2D eigenvalue weighted by Crippen LogP contribution is -2.44. The van der Waals surface area contributed by atoms with Crippen molar-refractivity contribution in [2.24, 2.45) is 0 Å². The number of amides is 3. The van der Waals surface area contributed by atoms with Gasteiger partial charge in [0.2, 0.25) is 5.91 Å². The summed E-state index contributed by atoms with van der Waals surface area (Å²) in [7, 11) is 0. The summed E-state index contributed by atoms with van der Waals surface area (Å²) in [6, 6.07) is 17.7. The molecule has 33 heavy (non-hydrogen) atoms. The minimum absolute atomic E-state index is 0.0296. The molecule has 7 nitrogen and oxygen atoms in total. The summed E-state index contributed by atoms with van der Waals surface area (Å²) in [5.41, 5.74) is 4.64. The molecule has 0 saturated heterocycles. The number of urea groups is 1. The maximum atomic E-state index is 13.2. The molecule has 7 heteroatoms. The second kappa shape index (κ2) is 11.3. The minimum atomic E-state index is -0.261. The van der Waals surface area contributed by atoms with Crippen molar-refractivity contribution in [1.29, 1.82) is 0 Å². The first-order chi connectivity index (χ1) is 15.9. The Morgan fingerprint density at radius 2 is 1.70 bits per heavy atom. The lowest BCUT2D eigenvalue weighted by molar-refractivity contribution is -0.116. The number of nitrogens with one attached hydrogen (secondary N) is 2. The lowest BCUT2D eigenvalue weighted by Gasteiger charge is -2.22. The Morgan fingerprint density at radius 3 is 2.33 bits per heavy atom. The summed E-state index contributed by atoms with van der Waals surface area (Å²) >= 11 is 0. The topological polar surface area (TPSA) is 79.3 Å². The van der Waals surface area contributed by atoms with E-state index in [9.17, 15) is 9.59 Å². The molecule has 0 bridgehead atoms. The molecule has 2 N–H and O–H groups in total. The number of aryl methyl sites for hydroxylation is 2. The van der Waals surface area contributed by atoms with E-state index < -0.39 is 0 Å². The summed E-state index contributed by atoms with van der Waals surface area (Å²) in [6.07, 6.45) is 1.77. The maximum Gasteiger partial charge on any atom is 0.317 e. The predicted molar refractivity (Wildman–Crippen MR) is 133 cm³/mol. The predicted octanol–water partition coefficient (Wildman–Crippen LogP) is 4.93. The fourth-order valence-corrected chi connectivity index (χ4v) is 3.68. The number of carbonyl (C=O) groups excluding carboxylic acids is 2. The van der Waals surface area contributed by atoms with Gasteiger partial charge >= 0.3 is 6.03 Å². The number of hydrogen-bond acceptors (Lipinski definition) is 3. The van der Waals surface area contributed by atoms with Crippen LogP contribution < -0.4 is 10.6 Å². The van der Waals surface area contributed by atoms with Gasteiger partial charge in [0.15, 0.2) is 0 Å². The minimum Gasteiger partial charge on any atom is -0.338 e. The quantitative estimate of drug-likeness (QED) is 0.488. The third-order valence-corrected chi connectivity index (χ3v) is 5.39. The van der Waals surface area contributed by atoms with Gasteiger partial charge in [0.05, 0.1) is 11.4 Å². The average molecular weight is 448 g/mol. The number of aromatic nitrogens is 2. The van der Waals surface area contributed by atoms with Crippen LogP contribution in [0.3, 0.4) is 0 Å². The van der Waals surface area contributed by atoms with Crippen molar-refractivity contribution in [3.05, 3.63) is 65.9 Å². The van der Waals surface area contributed by atoms with Crippen LogP contribution in [0.5, 0.6) is 0 Å².